The third-order valence-electron chi connectivity index (χ3n) is 6.14. The van der Waals surface area contributed by atoms with E-state index < -0.39 is 41.3 Å². The third-order valence-corrected chi connectivity index (χ3v) is 10.7. The average Bonchev–Trinajstić information content (AvgIpc) is 3.54. The van der Waals surface area contributed by atoms with Crippen LogP contribution in [-0.2, 0) is 31.1 Å². The molecule has 0 aromatic carbocycles. The molecule has 5 heterocycles. The number of β-lactam (4-membered cyclic amide) rings is 1. The number of oxime groups is 1. The molecule has 2 amide bonds. The Hall–Kier alpha value is -3.48. The summed E-state index contributed by atoms with van der Waals surface area (Å²) in [6.07, 6.45) is 2.58. The Bertz CT molecular complexity index is 1500. The van der Waals surface area contributed by atoms with Gasteiger partial charge in [-0.15, -0.1) is 34.9 Å². The molecular formula is C23H23N7O7S4. The zero-order chi connectivity index (χ0) is 29.4. The maximum absolute atomic E-state index is 13.1. The molecule has 3 aliphatic heterocycles. The first-order valence-electron chi connectivity index (χ1n) is 11.9. The molecule has 14 nitrogen and oxygen atoms in total. The summed E-state index contributed by atoms with van der Waals surface area (Å²) in [7, 11) is 1.93. The van der Waals surface area contributed by atoms with Crippen LogP contribution in [0.25, 0.3) is 0 Å². The van der Waals surface area contributed by atoms with Gasteiger partial charge in [0.2, 0.25) is 6.10 Å². The number of aromatic nitrogens is 2. The van der Waals surface area contributed by atoms with Gasteiger partial charge in [-0.1, -0.05) is 16.9 Å². The van der Waals surface area contributed by atoms with Gasteiger partial charge < -0.3 is 36.2 Å². The summed E-state index contributed by atoms with van der Waals surface area (Å²) in [4.78, 5) is 60.6. The number of nitrogens with two attached hydrogens (primary N) is 1. The second-order valence-corrected chi connectivity index (χ2v) is 13.5. The topological polar surface area (TPSA) is 203 Å². The van der Waals surface area contributed by atoms with Gasteiger partial charge in [0.25, 0.3) is 11.8 Å². The highest BCUT2D eigenvalue weighted by Crippen LogP contribution is 2.45. The van der Waals surface area contributed by atoms with Gasteiger partial charge in [-0.2, -0.15) is 0 Å². The van der Waals surface area contributed by atoms with E-state index >= 15 is 0 Å². The van der Waals surface area contributed by atoms with Gasteiger partial charge in [0.15, 0.2) is 23.2 Å². The van der Waals surface area contributed by atoms with Gasteiger partial charge in [-0.05, 0) is 12.5 Å². The molecule has 2 aromatic rings. The van der Waals surface area contributed by atoms with Crippen molar-refractivity contribution in [1.29, 1.82) is 0 Å². The fourth-order valence-corrected chi connectivity index (χ4v) is 8.59. The van der Waals surface area contributed by atoms with Crippen LogP contribution in [0.2, 0.25) is 0 Å². The van der Waals surface area contributed by atoms with Crippen molar-refractivity contribution >= 4 is 86.9 Å². The number of carboxylic acids is 2. The van der Waals surface area contributed by atoms with Gasteiger partial charge >= 0.3 is 5.97 Å². The summed E-state index contributed by atoms with van der Waals surface area (Å²) in [5, 5.41) is 31.7. The molecule has 18 heteroatoms. The summed E-state index contributed by atoms with van der Waals surface area (Å²) in [5.74, 6) is -3.57. The monoisotopic (exact) mass is 637 g/mol. The summed E-state index contributed by atoms with van der Waals surface area (Å²) in [6, 6.07) is 0.915. The minimum Gasteiger partial charge on any atom is -0.543 e. The van der Waals surface area contributed by atoms with E-state index in [1.165, 1.54) is 35.8 Å². The van der Waals surface area contributed by atoms with Crippen molar-refractivity contribution < 1.29 is 38.8 Å². The second-order valence-electron chi connectivity index (χ2n) is 8.99. The smallest absolute Gasteiger partial charge is 0.347 e. The molecule has 5 rings (SSSR count). The van der Waals surface area contributed by atoms with Crippen LogP contribution in [0, 0.1) is 0 Å². The normalized spacial score (nSPS) is 22.3. The third kappa shape index (κ3) is 5.95. The number of nitrogens with one attached hydrogen (secondary N) is 2. The molecular weight excluding hydrogens is 615 g/mol. The van der Waals surface area contributed by atoms with E-state index in [0.29, 0.717) is 17.1 Å². The second kappa shape index (κ2) is 11.8. The Balaban J connectivity index is 1.27. The van der Waals surface area contributed by atoms with Gasteiger partial charge in [0, 0.05) is 23.0 Å². The van der Waals surface area contributed by atoms with Gasteiger partial charge in [-0.3, -0.25) is 14.5 Å². The van der Waals surface area contributed by atoms with E-state index in [0.717, 1.165) is 26.8 Å². The number of pyridine rings is 1. The molecule has 0 bridgehead atoms. The molecule has 2 unspecified atom stereocenters. The Labute approximate surface area is 249 Å². The number of carboxylic acid groups (broad SMARTS) is 2. The summed E-state index contributed by atoms with van der Waals surface area (Å²) >= 11 is 5.48. The number of thioether (sulfide) groups is 3. The van der Waals surface area contributed by atoms with E-state index in [-0.39, 0.29) is 26.9 Å². The van der Waals surface area contributed by atoms with Crippen molar-refractivity contribution in [3.05, 3.63) is 40.8 Å². The number of hydrogen-bond donors (Lipinski definition) is 4. The van der Waals surface area contributed by atoms with Crippen LogP contribution < -0.4 is 26.0 Å². The molecule has 41 heavy (non-hydrogen) atoms. The molecule has 2 aromatic heterocycles. The first kappa shape index (κ1) is 29.0. The lowest BCUT2D eigenvalue weighted by molar-refractivity contribution is -0.673. The van der Waals surface area contributed by atoms with Crippen LogP contribution in [-0.4, -0.2) is 78.2 Å². The lowest BCUT2D eigenvalue weighted by Gasteiger charge is -2.50. The fourth-order valence-electron chi connectivity index (χ4n) is 4.08. The minimum absolute atomic E-state index is 0.0337. The molecule has 1 saturated heterocycles. The molecule has 5 N–H and O–H groups in total. The molecule has 0 aliphatic carbocycles. The maximum atomic E-state index is 13.1. The van der Waals surface area contributed by atoms with Crippen LogP contribution in [0.3, 0.4) is 0 Å². The van der Waals surface area contributed by atoms with Crippen LogP contribution in [0.1, 0.15) is 12.6 Å². The van der Waals surface area contributed by atoms with Crippen molar-refractivity contribution in [2.45, 2.75) is 34.0 Å². The maximum Gasteiger partial charge on any atom is 0.347 e. The number of fused-ring (bicyclic) bond motifs is 2. The zero-order valence-electron chi connectivity index (χ0n) is 21.4. The minimum atomic E-state index is -1.47. The number of anilines is 2. The number of carbonyl (C=O) groups excluding carboxylic acids is 3. The number of thiazole rings is 1. The first-order valence-corrected chi connectivity index (χ1v) is 15.8. The van der Waals surface area contributed by atoms with Crippen LogP contribution >= 0.6 is 46.6 Å². The number of amides is 2. The Morgan fingerprint density at radius 3 is 2.93 bits per heavy atom. The lowest BCUT2D eigenvalue weighted by Crippen LogP contribution is -2.71. The van der Waals surface area contributed by atoms with Crippen LogP contribution in [0.5, 0.6) is 0 Å². The average molecular weight is 638 g/mol. The highest BCUT2D eigenvalue weighted by molar-refractivity contribution is 8.17. The molecule has 216 valence electrons. The number of nitrogens with zero attached hydrogens (tertiary/aromatic N) is 4. The van der Waals surface area contributed by atoms with Crippen molar-refractivity contribution in [3.8, 4) is 0 Å². The SMILES string of the molecule is C[C@H](O/N=C(\C(=O)NC1C(=O)N2C(C(=O)[O-])=C(CSC3Nc4cc[n+](C)cc4S3)CS[C@H]12)c1csc(N)n1)C(=O)O. The highest BCUT2D eigenvalue weighted by Gasteiger charge is 2.53. The Morgan fingerprint density at radius 1 is 1.46 bits per heavy atom. The molecule has 0 radical (unpaired) electrons. The van der Waals surface area contributed by atoms with Crippen molar-refractivity contribution in [2.75, 3.05) is 22.6 Å². The zero-order valence-corrected chi connectivity index (χ0v) is 24.7. The van der Waals surface area contributed by atoms with Crippen LogP contribution in [0.15, 0.2) is 45.2 Å². The summed E-state index contributed by atoms with van der Waals surface area (Å²) < 4.78 is 1.92. The number of nitrogen functional groups attached to an aromatic ring is 1. The van der Waals surface area contributed by atoms with E-state index in [9.17, 15) is 24.3 Å². The number of aryl methyl sites for hydroxylation is 1. The van der Waals surface area contributed by atoms with E-state index in [4.69, 9.17) is 15.7 Å². The van der Waals surface area contributed by atoms with Gasteiger partial charge in [-0.25, -0.2) is 14.3 Å². The quantitative estimate of drug-likeness (QED) is 0.111. The van der Waals surface area contributed by atoms with E-state index in [1.807, 2.05) is 30.1 Å². The van der Waals surface area contributed by atoms with Gasteiger partial charge in [0.05, 0.1) is 22.2 Å². The van der Waals surface area contributed by atoms with E-state index in [2.05, 4.69) is 20.8 Å². The molecule has 0 saturated carbocycles. The number of carbonyl (C=O) groups is 4. The summed E-state index contributed by atoms with van der Waals surface area (Å²) in [6.45, 7) is 1.23. The molecule has 3 aliphatic rings. The Kier molecular flexibility index (Phi) is 8.35. The predicted octanol–water partition coefficient (Wildman–Crippen LogP) is -0.618. The predicted molar refractivity (Wildman–Crippen MR) is 152 cm³/mol. The summed E-state index contributed by atoms with van der Waals surface area (Å²) in [5.41, 5.74) is 6.69. The van der Waals surface area contributed by atoms with Crippen molar-refractivity contribution in [3.63, 3.8) is 0 Å². The molecule has 0 spiro atoms. The van der Waals surface area contributed by atoms with Gasteiger partial charge in [0.1, 0.15) is 28.9 Å². The fraction of sp³-hybridized carbons (Fsp3) is 0.348. The number of hydrogen-bond acceptors (Lipinski definition) is 14. The number of rotatable bonds is 10. The van der Waals surface area contributed by atoms with E-state index in [1.54, 1.807) is 11.8 Å². The molecule has 1 fully saturated rings. The van der Waals surface area contributed by atoms with Crippen molar-refractivity contribution in [2.24, 2.45) is 12.2 Å². The molecule has 4 atom stereocenters. The standard InChI is InChI=1S/C23H23N7O7S4/c1-9(20(33)34)37-28-14(12-8-39-22(24)25-12)17(31)27-15-18(32)30-16(21(35)36)10(6-38-19(15)30)7-40-23-26-11-3-4-29(2)5-13(11)41-23/h3-5,8-9,15,19,23H,6-7H2,1-2H3,(H5,24,25,27,31,33,34,35,36)/b28-14-/t9-,15?,19+,23?/m0/s1. The van der Waals surface area contributed by atoms with Crippen molar-refractivity contribution in [1.82, 2.24) is 15.2 Å². The first-order chi connectivity index (χ1) is 19.5. The number of aliphatic carboxylic acids is 2. The largest absolute Gasteiger partial charge is 0.543 e. The highest BCUT2D eigenvalue weighted by atomic mass is 32.2. The van der Waals surface area contributed by atoms with Crippen LogP contribution in [0.4, 0.5) is 10.8 Å². The Morgan fingerprint density at radius 2 is 2.24 bits per heavy atom. The lowest BCUT2D eigenvalue weighted by atomic mass is 10.0.